The molecule has 0 aliphatic carbocycles. The fourth-order valence-electron chi connectivity index (χ4n) is 2.44. The maximum absolute atomic E-state index is 12.1. The zero-order chi connectivity index (χ0) is 18.5. The molecule has 0 saturated heterocycles. The maximum Gasteiger partial charge on any atom is 0.227 e. The molecule has 1 amide bonds. The lowest BCUT2D eigenvalue weighted by Crippen LogP contribution is -2.26. The number of rotatable bonds is 6. The lowest BCUT2D eigenvalue weighted by Gasteiger charge is -2.14. The molecule has 1 atom stereocenters. The quantitative estimate of drug-likeness (QED) is 0.653. The van der Waals surface area contributed by atoms with Crippen LogP contribution in [0.3, 0.4) is 0 Å². The second kappa shape index (κ2) is 8.34. The highest BCUT2D eigenvalue weighted by Crippen LogP contribution is 2.19. The van der Waals surface area contributed by atoms with E-state index in [4.69, 9.17) is 27.7 Å². The maximum atomic E-state index is 12.1. The first kappa shape index (κ1) is 18.4. The lowest BCUT2D eigenvalue weighted by molar-refractivity contribution is -0.121. The molecule has 5 nitrogen and oxygen atoms in total. The summed E-state index contributed by atoms with van der Waals surface area (Å²) in [7, 11) is 0. The van der Waals surface area contributed by atoms with Crippen LogP contribution in [0, 0.1) is 0 Å². The van der Waals surface area contributed by atoms with Gasteiger partial charge in [0.1, 0.15) is 0 Å². The lowest BCUT2D eigenvalue weighted by atomic mass is 10.1. The Morgan fingerprint density at radius 2 is 1.69 bits per heavy atom. The van der Waals surface area contributed by atoms with E-state index in [-0.39, 0.29) is 18.4 Å². The largest absolute Gasteiger partial charge is 0.350 e. The van der Waals surface area contributed by atoms with Gasteiger partial charge in [-0.1, -0.05) is 40.5 Å². The fraction of sp³-hybridized carbons (Fsp3) is 0.211. The van der Waals surface area contributed by atoms with Gasteiger partial charge in [0.05, 0.1) is 6.04 Å². The van der Waals surface area contributed by atoms with Crippen LogP contribution in [-0.4, -0.2) is 16.0 Å². The molecule has 0 saturated carbocycles. The Bertz CT molecular complexity index is 877. The summed E-state index contributed by atoms with van der Waals surface area (Å²) in [5.41, 5.74) is 1.80. The van der Waals surface area contributed by atoms with Crippen molar-refractivity contribution in [3.05, 3.63) is 70.0 Å². The molecule has 3 rings (SSSR count). The van der Waals surface area contributed by atoms with Crippen molar-refractivity contribution in [3.63, 3.8) is 0 Å². The molecule has 0 unspecified atom stereocenters. The Morgan fingerprint density at radius 1 is 1.08 bits per heavy atom. The van der Waals surface area contributed by atoms with E-state index < -0.39 is 0 Å². The van der Waals surface area contributed by atoms with Gasteiger partial charge < -0.3 is 9.84 Å². The van der Waals surface area contributed by atoms with Gasteiger partial charge in [-0.05, 0) is 48.9 Å². The SMILES string of the molecule is C[C@H](NC(=O)CCc1nc(-c2ccc(Cl)cc2)no1)c1ccc(Cl)cc1. The van der Waals surface area contributed by atoms with Gasteiger partial charge in [-0.3, -0.25) is 4.79 Å². The first-order valence-electron chi connectivity index (χ1n) is 8.14. The minimum Gasteiger partial charge on any atom is -0.350 e. The van der Waals surface area contributed by atoms with Crippen LogP contribution < -0.4 is 5.32 Å². The highest BCUT2D eigenvalue weighted by molar-refractivity contribution is 6.30. The molecule has 7 heteroatoms. The summed E-state index contributed by atoms with van der Waals surface area (Å²) in [6.07, 6.45) is 0.639. The number of hydrogen-bond donors (Lipinski definition) is 1. The van der Waals surface area contributed by atoms with Crippen molar-refractivity contribution in [2.45, 2.75) is 25.8 Å². The fourth-order valence-corrected chi connectivity index (χ4v) is 2.69. The van der Waals surface area contributed by atoms with E-state index in [1.165, 1.54) is 0 Å². The molecule has 0 aliphatic heterocycles. The van der Waals surface area contributed by atoms with Gasteiger partial charge in [-0.15, -0.1) is 0 Å². The van der Waals surface area contributed by atoms with Crippen molar-refractivity contribution in [1.82, 2.24) is 15.5 Å². The zero-order valence-electron chi connectivity index (χ0n) is 14.1. The van der Waals surface area contributed by atoms with Crippen molar-refractivity contribution in [2.75, 3.05) is 0 Å². The highest BCUT2D eigenvalue weighted by atomic mass is 35.5. The van der Waals surface area contributed by atoms with E-state index >= 15 is 0 Å². The first-order chi connectivity index (χ1) is 12.5. The summed E-state index contributed by atoms with van der Waals surface area (Å²) in [5.74, 6) is 0.814. The van der Waals surface area contributed by atoms with Crippen LogP contribution in [-0.2, 0) is 11.2 Å². The standard InChI is InChI=1S/C19H17Cl2N3O2/c1-12(13-2-6-15(20)7-3-13)22-17(25)10-11-18-23-19(24-26-18)14-4-8-16(21)9-5-14/h2-9,12H,10-11H2,1H3,(H,22,25)/t12-/m0/s1. The number of nitrogens with zero attached hydrogens (tertiary/aromatic N) is 2. The molecule has 1 heterocycles. The highest BCUT2D eigenvalue weighted by Gasteiger charge is 2.13. The number of benzene rings is 2. The van der Waals surface area contributed by atoms with Gasteiger partial charge in [0.2, 0.25) is 17.6 Å². The van der Waals surface area contributed by atoms with Gasteiger partial charge in [-0.2, -0.15) is 4.98 Å². The summed E-state index contributed by atoms with van der Waals surface area (Å²) in [5, 5.41) is 8.19. The average molecular weight is 390 g/mol. The molecule has 0 bridgehead atoms. The Labute approximate surface area is 161 Å². The third-order valence-electron chi connectivity index (χ3n) is 3.88. The molecule has 134 valence electrons. The second-order valence-corrected chi connectivity index (χ2v) is 6.73. The summed E-state index contributed by atoms with van der Waals surface area (Å²) in [6.45, 7) is 1.92. The van der Waals surface area contributed by atoms with E-state index in [1.54, 1.807) is 24.3 Å². The smallest absolute Gasteiger partial charge is 0.227 e. The van der Waals surface area contributed by atoms with Crippen molar-refractivity contribution >= 4 is 29.1 Å². The van der Waals surface area contributed by atoms with Crippen molar-refractivity contribution in [1.29, 1.82) is 0 Å². The molecule has 1 N–H and O–H groups in total. The van der Waals surface area contributed by atoms with E-state index in [1.807, 2.05) is 31.2 Å². The van der Waals surface area contributed by atoms with Crippen LogP contribution in [0.5, 0.6) is 0 Å². The van der Waals surface area contributed by atoms with Crippen molar-refractivity contribution in [2.24, 2.45) is 0 Å². The third-order valence-corrected chi connectivity index (χ3v) is 4.39. The minimum atomic E-state index is -0.105. The third kappa shape index (κ3) is 4.84. The number of aryl methyl sites for hydroxylation is 1. The van der Waals surface area contributed by atoms with Crippen LogP contribution in [0.15, 0.2) is 53.1 Å². The second-order valence-electron chi connectivity index (χ2n) is 5.86. The van der Waals surface area contributed by atoms with Crippen molar-refractivity contribution in [3.8, 4) is 11.4 Å². The van der Waals surface area contributed by atoms with Crippen LogP contribution in [0.4, 0.5) is 0 Å². The monoisotopic (exact) mass is 389 g/mol. The summed E-state index contributed by atoms with van der Waals surface area (Å²) >= 11 is 11.7. The molecular formula is C19H17Cl2N3O2. The number of amides is 1. The minimum absolute atomic E-state index is 0.0845. The number of nitrogens with one attached hydrogen (secondary N) is 1. The molecule has 0 radical (unpaired) electrons. The van der Waals surface area contributed by atoms with E-state index in [0.29, 0.717) is 28.2 Å². The molecule has 0 aliphatic rings. The van der Waals surface area contributed by atoms with Crippen LogP contribution in [0.1, 0.15) is 30.8 Å². The zero-order valence-corrected chi connectivity index (χ0v) is 15.6. The number of halogens is 2. The average Bonchev–Trinajstić information content (AvgIpc) is 3.10. The number of aromatic nitrogens is 2. The Morgan fingerprint density at radius 3 is 2.35 bits per heavy atom. The topological polar surface area (TPSA) is 68.0 Å². The Hall–Kier alpha value is -2.37. The number of carbonyl (C=O) groups excluding carboxylic acids is 1. The Kier molecular flexibility index (Phi) is 5.91. The van der Waals surface area contributed by atoms with Crippen molar-refractivity contribution < 1.29 is 9.32 Å². The molecular weight excluding hydrogens is 373 g/mol. The van der Waals surface area contributed by atoms with E-state index in [0.717, 1.165) is 11.1 Å². The van der Waals surface area contributed by atoms with E-state index in [2.05, 4.69) is 15.5 Å². The van der Waals surface area contributed by atoms with Gasteiger partial charge in [-0.25, -0.2) is 0 Å². The molecule has 0 spiro atoms. The molecule has 1 aromatic heterocycles. The van der Waals surface area contributed by atoms with Crippen LogP contribution in [0.25, 0.3) is 11.4 Å². The normalized spacial score (nSPS) is 12.0. The number of hydrogen-bond acceptors (Lipinski definition) is 4. The van der Waals surface area contributed by atoms with Gasteiger partial charge in [0, 0.05) is 28.5 Å². The first-order valence-corrected chi connectivity index (χ1v) is 8.90. The van der Waals surface area contributed by atoms with Crippen LogP contribution in [0.2, 0.25) is 10.0 Å². The van der Waals surface area contributed by atoms with Gasteiger partial charge >= 0.3 is 0 Å². The summed E-state index contributed by atoms with van der Waals surface area (Å²) < 4.78 is 5.21. The van der Waals surface area contributed by atoms with Crippen LogP contribution >= 0.6 is 23.2 Å². The molecule has 26 heavy (non-hydrogen) atoms. The summed E-state index contributed by atoms with van der Waals surface area (Å²) in [6, 6.07) is 14.4. The molecule has 3 aromatic rings. The predicted molar refractivity (Wildman–Crippen MR) is 101 cm³/mol. The number of carbonyl (C=O) groups is 1. The van der Waals surface area contributed by atoms with Gasteiger partial charge in [0.15, 0.2) is 0 Å². The molecule has 0 fully saturated rings. The predicted octanol–water partition coefficient (Wildman–Crippen LogP) is 4.85. The van der Waals surface area contributed by atoms with Gasteiger partial charge in [0.25, 0.3) is 0 Å². The van der Waals surface area contributed by atoms with E-state index in [9.17, 15) is 4.79 Å². The Balaban J connectivity index is 1.53. The molecule has 2 aromatic carbocycles. The summed E-state index contributed by atoms with van der Waals surface area (Å²) in [4.78, 5) is 16.5.